The Morgan fingerprint density at radius 3 is 2.32 bits per heavy atom. The fourth-order valence-corrected chi connectivity index (χ4v) is 3.60. The van der Waals surface area contributed by atoms with E-state index in [0.29, 0.717) is 32.2 Å². The molecule has 1 N–H and O–H groups in total. The fraction of sp³-hybridized carbons (Fsp3) is 0.684. The summed E-state index contributed by atoms with van der Waals surface area (Å²) in [6, 6.07) is 2.37. The van der Waals surface area contributed by atoms with E-state index in [2.05, 4.69) is 35.6 Å². The predicted octanol–water partition coefficient (Wildman–Crippen LogP) is 2.61. The van der Waals surface area contributed by atoms with Crippen molar-refractivity contribution < 1.29 is 9.59 Å². The average Bonchev–Trinajstić information content (AvgIpc) is 2.88. The summed E-state index contributed by atoms with van der Waals surface area (Å²) < 4.78 is 2.21. The first-order valence-corrected chi connectivity index (χ1v) is 9.31. The molecule has 1 fully saturated rings. The minimum atomic E-state index is 0.00769. The Hall–Kier alpha value is -1.82. The normalized spacial score (nSPS) is 15.7. The minimum absolute atomic E-state index is 0.00769. The van der Waals surface area contributed by atoms with Crippen LogP contribution in [0.5, 0.6) is 0 Å². The van der Waals surface area contributed by atoms with E-state index in [1.165, 1.54) is 0 Å². The Morgan fingerprint density at radius 1 is 1.16 bits per heavy atom. The molecule has 1 aromatic heterocycles. The summed E-state index contributed by atoms with van der Waals surface area (Å²) in [6.45, 7) is 14.4. The summed E-state index contributed by atoms with van der Waals surface area (Å²) in [5, 5.41) is 2.91. The molecule has 6 nitrogen and oxygen atoms in total. The van der Waals surface area contributed by atoms with Crippen LogP contribution in [0.25, 0.3) is 0 Å². The summed E-state index contributed by atoms with van der Waals surface area (Å²) in [4.78, 5) is 28.7. The second kappa shape index (κ2) is 8.52. The number of hydrogen-bond donors (Lipinski definition) is 1. The Balaban J connectivity index is 1.91. The third-order valence-electron chi connectivity index (χ3n) is 4.85. The van der Waals surface area contributed by atoms with Gasteiger partial charge in [-0.25, -0.2) is 4.79 Å². The van der Waals surface area contributed by atoms with Gasteiger partial charge < -0.3 is 14.8 Å². The monoisotopic (exact) mass is 348 g/mol. The van der Waals surface area contributed by atoms with Crippen LogP contribution in [0.15, 0.2) is 6.07 Å². The molecule has 2 heterocycles. The third kappa shape index (κ3) is 4.63. The average molecular weight is 348 g/mol. The van der Waals surface area contributed by atoms with Crippen molar-refractivity contribution in [2.75, 3.05) is 39.3 Å². The molecule has 0 bridgehead atoms. The second-order valence-corrected chi connectivity index (χ2v) is 7.17. The summed E-state index contributed by atoms with van der Waals surface area (Å²) >= 11 is 0. The maximum absolute atomic E-state index is 12.7. The predicted molar refractivity (Wildman–Crippen MR) is 100 cm³/mol. The van der Waals surface area contributed by atoms with Gasteiger partial charge in [-0.05, 0) is 40.2 Å². The van der Waals surface area contributed by atoms with Crippen molar-refractivity contribution in [2.45, 2.75) is 47.1 Å². The van der Waals surface area contributed by atoms with Crippen LogP contribution >= 0.6 is 0 Å². The van der Waals surface area contributed by atoms with Crippen LogP contribution in [0.3, 0.4) is 0 Å². The molecule has 0 radical (unpaired) electrons. The van der Waals surface area contributed by atoms with Crippen LogP contribution in [-0.4, -0.2) is 65.4 Å². The van der Waals surface area contributed by atoms with Crippen LogP contribution in [0.2, 0.25) is 0 Å². The highest BCUT2D eigenvalue weighted by Crippen LogP contribution is 2.21. The summed E-state index contributed by atoms with van der Waals surface area (Å²) in [5.41, 5.74) is 3.01. The number of aromatic nitrogens is 1. The van der Waals surface area contributed by atoms with Gasteiger partial charge in [-0.1, -0.05) is 6.92 Å². The highest BCUT2D eigenvalue weighted by atomic mass is 16.2. The van der Waals surface area contributed by atoms with Gasteiger partial charge in [0, 0.05) is 55.7 Å². The van der Waals surface area contributed by atoms with Crippen molar-refractivity contribution in [1.29, 1.82) is 0 Å². The molecule has 0 saturated carbocycles. The fourth-order valence-electron chi connectivity index (χ4n) is 3.60. The lowest BCUT2D eigenvalue weighted by Crippen LogP contribution is -2.52. The standard InChI is InChI=1S/C19H32N4O2/c1-6-7-20-19(25)22-10-8-21(9-11-22)13-18(24)17-12-15(4)23(14(2)3)16(17)5/h12,14H,6-11,13H2,1-5H3,(H,20,25). The lowest BCUT2D eigenvalue weighted by atomic mass is 10.1. The van der Waals surface area contributed by atoms with Gasteiger partial charge in [-0.3, -0.25) is 9.69 Å². The SMILES string of the molecule is CCCNC(=O)N1CCN(CC(=O)c2cc(C)n(C(C)C)c2C)CC1. The topological polar surface area (TPSA) is 57.6 Å². The van der Waals surface area contributed by atoms with Crippen molar-refractivity contribution >= 4 is 11.8 Å². The number of aryl methyl sites for hydroxylation is 1. The number of amides is 2. The molecule has 1 aromatic rings. The molecule has 140 valence electrons. The van der Waals surface area contributed by atoms with E-state index in [0.717, 1.165) is 36.5 Å². The maximum Gasteiger partial charge on any atom is 0.317 e. The second-order valence-electron chi connectivity index (χ2n) is 7.17. The molecule has 6 heteroatoms. The molecule has 0 atom stereocenters. The van der Waals surface area contributed by atoms with Crippen LogP contribution in [0.4, 0.5) is 4.79 Å². The smallest absolute Gasteiger partial charge is 0.317 e. The molecule has 1 aliphatic rings. The number of piperazine rings is 1. The highest BCUT2D eigenvalue weighted by Gasteiger charge is 2.24. The molecular weight excluding hydrogens is 316 g/mol. The van der Waals surface area contributed by atoms with Crippen LogP contribution < -0.4 is 5.32 Å². The first-order valence-electron chi connectivity index (χ1n) is 9.31. The number of ketones is 1. The third-order valence-corrected chi connectivity index (χ3v) is 4.85. The number of Topliss-reactive ketones (excluding diaryl/α,β-unsaturated/α-hetero) is 1. The van der Waals surface area contributed by atoms with E-state index >= 15 is 0 Å². The summed E-state index contributed by atoms with van der Waals surface area (Å²) in [7, 11) is 0. The van der Waals surface area contributed by atoms with Crippen molar-refractivity contribution in [3.05, 3.63) is 23.0 Å². The Kier molecular flexibility index (Phi) is 6.64. The van der Waals surface area contributed by atoms with Crippen molar-refractivity contribution in [3.63, 3.8) is 0 Å². The van der Waals surface area contributed by atoms with Gasteiger partial charge in [0.2, 0.25) is 0 Å². The van der Waals surface area contributed by atoms with Crippen LogP contribution in [-0.2, 0) is 0 Å². The Bertz CT molecular complexity index is 613. The number of urea groups is 1. The Labute approximate surface area is 151 Å². The van der Waals surface area contributed by atoms with Crippen LogP contribution in [0, 0.1) is 13.8 Å². The van der Waals surface area contributed by atoms with E-state index in [-0.39, 0.29) is 11.8 Å². The molecule has 0 spiro atoms. The van der Waals surface area contributed by atoms with Gasteiger partial charge in [0.1, 0.15) is 0 Å². The number of carbonyl (C=O) groups excluding carboxylic acids is 2. The number of nitrogens with zero attached hydrogens (tertiary/aromatic N) is 3. The minimum Gasteiger partial charge on any atom is -0.346 e. The molecule has 1 aliphatic heterocycles. The first kappa shape index (κ1) is 19.5. The van der Waals surface area contributed by atoms with E-state index < -0.39 is 0 Å². The number of hydrogen-bond acceptors (Lipinski definition) is 3. The number of rotatable bonds is 6. The molecule has 0 aromatic carbocycles. The van der Waals surface area contributed by atoms with Gasteiger partial charge in [-0.2, -0.15) is 0 Å². The lowest BCUT2D eigenvalue weighted by molar-refractivity contribution is 0.0877. The summed E-state index contributed by atoms with van der Waals surface area (Å²) in [6.07, 6.45) is 0.939. The zero-order valence-electron chi connectivity index (χ0n) is 16.3. The van der Waals surface area contributed by atoms with E-state index in [1.54, 1.807) is 0 Å². The number of nitrogens with one attached hydrogen (secondary N) is 1. The zero-order valence-corrected chi connectivity index (χ0v) is 16.3. The maximum atomic E-state index is 12.7. The van der Waals surface area contributed by atoms with Gasteiger partial charge in [-0.15, -0.1) is 0 Å². The van der Waals surface area contributed by atoms with Gasteiger partial charge >= 0.3 is 6.03 Å². The van der Waals surface area contributed by atoms with Crippen molar-refractivity contribution in [1.82, 2.24) is 19.7 Å². The molecule has 2 rings (SSSR count). The van der Waals surface area contributed by atoms with E-state index in [9.17, 15) is 9.59 Å². The molecule has 0 aliphatic carbocycles. The Morgan fingerprint density at radius 2 is 1.80 bits per heavy atom. The zero-order chi connectivity index (χ0) is 18.6. The van der Waals surface area contributed by atoms with Crippen molar-refractivity contribution in [2.24, 2.45) is 0 Å². The van der Waals surface area contributed by atoms with Gasteiger partial charge in [0.25, 0.3) is 0 Å². The summed E-state index contributed by atoms with van der Waals surface area (Å²) in [5.74, 6) is 0.170. The molecule has 2 amide bonds. The molecule has 25 heavy (non-hydrogen) atoms. The van der Waals surface area contributed by atoms with Crippen molar-refractivity contribution in [3.8, 4) is 0 Å². The number of carbonyl (C=O) groups is 2. The van der Waals surface area contributed by atoms with E-state index in [4.69, 9.17) is 0 Å². The molecule has 1 saturated heterocycles. The van der Waals surface area contributed by atoms with Gasteiger partial charge in [0.15, 0.2) is 5.78 Å². The lowest BCUT2D eigenvalue weighted by Gasteiger charge is -2.34. The quantitative estimate of drug-likeness (QED) is 0.804. The molecular formula is C19H32N4O2. The first-order chi connectivity index (χ1) is 11.8. The van der Waals surface area contributed by atoms with E-state index in [1.807, 2.05) is 24.8 Å². The molecule has 0 unspecified atom stereocenters. The van der Waals surface area contributed by atoms with Gasteiger partial charge in [0.05, 0.1) is 6.54 Å². The van der Waals surface area contributed by atoms with Crippen LogP contribution in [0.1, 0.15) is 55.0 Å². The largest absolute Gasteiger partial charge is 0.346 e. The highest BCUT2D eigenvalue weighted by molar-refractivity contribution is 5.99.